The molecule has 0 fully saturated rings. The Morgan fingerprint density at radius 2 is 2.00 bits per heavy atom. The van der Waals surface area contributed by atoms with E-state index in [1.54, 1.807) is 32.0 Å². The zero-order valence-corrected chi connectivity index (χ0v) is 15.5. The van der Waals surface area contributed by atoms with Crippen LogP contribution < -0.4 is 4.74 Å². The Morgan fingerprint density at radius 3 is 2.63 bits per heavy atom. The molecule has 3 rings (SSSR count). The summed E-state index contributed by atoms with van der Waals surface area (Å²) in [4.78, 5) is 18.2. The number of aliphatic hydroxyl groups excluding tert-OH is 1. The summed E-state index contributed by atoms with van der Waals surface area (Å²) in [5.41, 5.74) is 0.927. The Labute approximate surface area is 158 Å². The molecule has 0 saturated heterocycles. The number of carbonyl (C=O) groups is 1. The summed E-state index contributed by atoms with van der Waals surface area (Å²) in [5, 5.41) is 21.4. The standard InChI is InChI=1S/C21H22N2O4/c1-14(24)23(26-13-15-7-5-4-6-8-15)19-17-11-16(12-22)9-10-18(17)27-21(2,3)20(19)25/h4-11,19-20,25H,13H2,1-3H3/t19-,20+/m0/s1. The third-order valence-corrected chi connectivity index (χ3v) is 4.62. The van der Waals surface area contributed by atoms with Crippen LogP contribution in [0.25, 0.3) is 0 Å². The van der Waals surface area contributed by atoms with E-state index in [-0.39, 0.29) is 12.5 Å². The predicted molar refractivity (Wildman–Crippen MR) is 98.4 cm³/mol. The van der Waals surface area contributed by atoms with Gasteiger partial charge in [0.05, 0.1) is 11.6 Å². The predicted octanol–water partition coefficient (Wildman–Crippen LogP) is 3.11. The summed E-state index contributed by atoms with van der Waals surface area (Å²) in [6.07, 6.45) is -1.04. The lowest BCUT2D eigenvalue weighted by Crippen LogP contribution is -2.54. The highest BCUT2D eigenvalue weighted by Crippen LogP contribution is 2.43. The number of hydrogen-bond acceptors (Lipinski definition) is 5. The molecule has 0 unspecified atom stereocenters. The quantitative estimate of drug-likeness (QED) is 0.841. The molecule has 2 atom stereocenters. The lowest BCUT2D eigenvalue weighted by atomic mass is 9.85. The van der Waals surface area contributed by atoms with E-state index in [0.29, 0.717) is 16.9 Å². The molecule has 140 valence electrons. The second-order valence-electron chi connectivity index (χ2n) is 7.06. The Bertz CT molecular complexity index is 873. The van der Waals surface area contributed by atoms with E-state index in [9.17, 15) is 15.2 Å². The largest absolute Gasteiger partial charge is 0.485 e. The van der Waals surface area contributed by atoms with E-state index >= 15 is 0 Å². The van der Waals surface area contributed by atoms with Gasteiger partial charge in [0.2, 0.25) is 5.91 Å². The molecule has 27 heavy (non-hydrogen) atoms. The van der Waals surface area contributed by atoms with Gasteiger partial charge >= 0.3 is 0 Å². The average molecular weight is 366 g/mol. The topological polar surface area (TPSA) is 82.8 Å². The Morgan fingerprint density at radius 1 is 1.30 bits per heavy atom. The molecule has 0 spiro atoms. The Hall–Kier alpha value is -2.88. The van der Waals surface area contributed by atoms with E-state index in [0.717, 1.165) is 5.56 Å². The van der Waals surface area contributed by atoms with Gasteiger partial charge in [0.15, 0.2) is 0 Å². The molecule has 0 aliphatic carbocycles. The third kappa shape index (κ3) is 3.80. The molecule has 1 heterocycles. The number of nitriles is 1. The monoisotopic (exact) mass is 366 g/mol. The first-order valence-corrected chi connectivity index (χ1v) is 8.71. The number of amides is 1. The van der Waals surface area contributed by atoms with Crippen molar-refractivity contribution in [2.24, 2.45) is 0 Å². The van der Waals surface area contributed by atoms with Crippen LogP contribution in [0.3, 0.4) is 0 Å². The van der Waals surface area contributed by atoms with Crippen LogP contribution in [-0.4, -0.2) is 27.8 Å². The number of ether oxygens (including phenoxy) is 1. The van der Waals surface area contributed by atoms with Gasteiger partial charge in [-0.15, -0.1) is 0 Å². The van der Waals surface area contributed by atoms with Crippen molar-refractivity contribution in [2.45, 2.75) is 45.1 Å². The first-order valence-electron chi connectivity index (χ1n) is 8.71. The van der Waals surface area contributed by atoms with Crippen LogP contribution in [0.2, 0.25) is 0 Å². The smallest absolute Gasteiger partial charge is 0.243 e. The van der Waals surface area contributed by atoms with Gasteiger partial charge in [-0.05, 0) is 37.6 Å². The van der Waals surface area contributed by atoms with Gasteiger partial charge in [0.1, 0.15) is 30.1 Å². The maximum atomic E-state index is 12.4. The molecule has 1 N–H and O–H groups in total. The van der Waals surface area contributed by atoms with Crippen LogP contribution in [0.15, 0.2) is 48.5 Å². The number of fused-ring (bicyclic) bond motifs is 1. The fourth-order valence-corrected chi connectivity index (χ4v) is 3.18. The minimum Gasteiger partial charge on any atom is -0.485 e. The summed E-state index contributed by atoms with van der Waals surface area (Å²) in [7, 11) is 0. The van der Waals surface area contributed by atoms with Crippen LogP contribution in [0, 0.1) is 11.3 Å². The second kappa shape index (κ2) is 7.39. The van der Waals surface area contributed by atoms with E-state index in [1.165, 1.54) is 12.0 Å². The van der Waals surface area contributed by atoms with Gasteiger partial charge < -0.3 is 9.84 Å². The van der Waals surface area contributed by atoms with Gasteiger partial charge in [-0.1, -0.05) is 30.3 Å². The molecule has 6 nitrogen and oxygen atoms in total. The SMILES string of the molecule is CC(=O)N(OCc1ccccc1)[C@H]1c2cc(C#N)ccc2OC(C)(C)[C@@H]1O. The van der Waals surface area contributed by atoms with Crippen molar-refractivity contribution >= 4 is 5.91 Å². The summed E-state index contributed by atoms with van der Waals surface area (Å²) in [5.74, 6) is 0.171. The summed E-state index contributed by atoms with van der Waals surface area (Å²) < 4.78 is 5.90. The molecule has 0 saturated carbocycles. The zero-order valence-electron chi connectivity index (χ0n) is 15.5. The minimum absolute atomic E-state index is 0.179. The maximum absolute atomic E-state index is 12.4. The lowest BCUT2D eigenvalue weighted by Gasteiger charge is -2.45. The molecular weight excluding hydrogens is 344 g/mol. The van der Waals surface area contributed by atoms with Gasteiger partial charge in [0.25, 0.3) is 0 Å². The van der Waals surface area contributed by atoms with Crippen molar-refractivity contribution in [3.8, 4) is 11.8 Å². The zero-order chi connectivity index (χ0) is 19.6. The van der Waals surface area contributed by atoms with Crippen molar-refractivity contribution in [2.75, 3.05) is 0 Å². The van der Waals surface area contributed by atoms with E-state index in [2.05, 4.69) is 6.07 Å². The molecule has 2 aromatic rings. The van der Waals surface area contributed by atoms with Crippen molar-refractivity contribution in [3.63, 3.8) is 0 Å². The van der Waals surface area contributed by atoms with Gasteiger partial charge in [-0.3, -0.25) is 9.63 Å². The molecule has 2 aromatic carbocycles. The average Bonchev–Trinajstić information content (AvgIpc) is 2.64. The van der Waals surface area contributed by atoms with Crippen molar-refractivity contribution in [1.29, 1.82) is 5.26 Å². The van der Waals surface area contributed by atoms with Crippen LogP contribution in [0.1, 0.15) is 43.5 Å². The summed E-state index contributed by atoms with van der Waals surface area (Å²) >= 11 is 0. The summed E-state index contributed by atoms with van der Waals surface area (Å²) in [6.45, 7) is 5.06. The van der Waals surface area contributed by atoms with Gasteiger partial charge in [-0.2, -0.15) is 5.26 Å². The minimum atomic E-state index is -1.04. The van der Waals surface area contributed by atoms with Crippen LogP contribution >= 0.6 is 0 Å². The summed E-state index contributed by atoms with van der Waals surface area (Å²) in [6, 6.07) is 15.7. The first kappa shape index (κ1) is 18.9. The van der Waals surface area contributed by atoms with Crippen LogP contribution in [0.5, 0.6) is 5.75 Å². The fraction of sp³-hybridized carbons (Fsp3) is 0.333. The highest BCUT2D eigenvalue weighted by molar-refractivity contribution is 5.73. The second-order valence-corrected chi connectivity index (χ2v) is 7.06. The third-order valence-electron chi connectivity index (χ3n) is 4.62. The van der Waals surface area contributed by atoms with E-state index in [1.807, 2.05) is 30.3 Å². The van der Waals surface area contributed by atoms with Gasteiger partial charge in [-0.25, -0.2) is 5.06 Å². The van der Waals surface area contributed by atoms with Crippen LogP contribution in [-0.2, 0) is 16.2 Å². The lowest BCUT2D eigenvalue weighted by molar-refractivity contribution is -0.232. The maximum Gasteiger partial charge on any atom is 0.243 e. The highest BCUT2D eigenvalue weighted by atomic mass is 16.7. The normalized spacial score (nSPS) is 20.1. The van der Waals surface area contributed by atoms with Crippen molar-refractivity contribution < 1.29 is 19.5 Å². The highest BCUT2D eigenvalue weighted by Gasteiger charge is 2.47. The number of rotatable bonds is 4. The van der Waals surface area contributed by atoms with Crippen molar-refractivity contribution in [1.82, 2.24) is 5.06 Å². The molecule has 0 aromatic heterocycles. The molecule has 0 bridgehead atoms. The number of hydrogen-bond donors (Lipinski definition) is 1. The van der Waals surface area contributed by atoms with E-state index < -0.39 is 17.7 Å². The van der Waals surface area contributed by atoms with Gasteiger partial charge in [0, 0.05) is 12.5 Å². The van der Waals surface area contributed by atoms with Crippen molar-refractivity contribution in [3.05, 3.63) is 65.2 Å². The number of aliphatic hydroxyl groups is 1. The first-order chi connectivity index (χ1) is 12.8. The Balaban J connectivity index is 1.99. The molecule has 1 amide bonds. The number of carbonyl (C=O) groups excluding carboxylic acids is 1. The molecule has 1 aliphatic heterocycles. The molecule has 6 heteroatoms. The fourth-order valence-electron chi connectivity index (χ4n) is 3.18. The molecule has 0 radical (unpaired) electrons. The number of hydroxylamine groups is 2. The van der Waals surface area contributed by atoms with E-state index in [4.69, 9.17) is 9.57 Å². The molecular formula is C21H22N2O4. The number of benzene rings is 2. The molecule has 1 aliphatic rings. The number of nitrogens with zero attached hydrogens (tertiary/aromatic N) is 2. The van der Waals surface area contributed by atoms with Crippen LogP contribution in [0.4, 0.5) is 0 Å². The Kier molecular flexibility index (Phi) is 5.17.